The van der Waals surface area contributed by atoms with Crippen LogP contribution >= 0.6 is 22.6 Å². The second-order valence-electron chi connectivity index (χ2n) is 2.14. The maximum atomic E-state index is 9.10. The maximum absolute atomic E-state index is 9.10. The molecule has 2 heteroatoms. The first kappa shape index (κ1) is 8.43. The van der Waals surface area contributed by atoms with E-state index < -0.39 is 0 Å². The zero-order valence-corrected chi connectivity index (χ0v) is 7.34. The van der Waals surface area contributed by atoms with E-state index in [1.54, 1.807) is 0 Å². The molecule has 1 N–H and O–H groups in total. The van der Waals surface area contributed by atoms with E-state index in [2.05, 4.69) is 6.58 Å². The Balaban J connectivity index is 3.64. The van der Waals surface area contributed by atoms with E-state index in [1.807, 2.05) is 36.4 Å². The molecule has 8 heavy (non-hydrogen) atoms. The van der Waals surface area contributed by atoms with Gasteiger partial charge in [-0.2, -0.15) is 0 Å². The van der Waals surface area contributed by atoms with E-state index >= 15 is 0 Å². The molecule has 1 nitrogen and oxygen atoms in total. The van der Waals surface area contributed by atoms with Gasteiger partial charge in [-0.1, -0.05) is 20.4 Å². The van der Waals surface area contributed by atoms with Crippen molar-refractivity contribution in [1.29, 1.82) is 0 Å². The van der Waals surface area contributed by atoms with Gasteiger partial charge in [-0.25, -0.2) is 0 Å². The SMILES string of the molecule is C=C(I)C(O)C(C)C. The van der Waals surface area contributed by atoms with Crippen LogP contribution in [0.15, 0.2) is 10.2 Å². The summed E-state index contributed by atoms with van der Waals surface area (Å²) < 4.78 is 0.817. The van der Waals surface area contributed by atoms with Gasteiger partial charge in [0, 0.05) is 3.58 Å². The zero-order chi connectivity index (χ0) is 6.73. The van der Waals surface area contributed by atoms with Gasteiger partial charge in [-0.15, -0.1) is 0 Å². The molecule has 0 aromatic carbocycles. The lowest BCUT2D eigenvalue weighted by molar-refractivity contribution is 0.171. The van der Waals surface area contributed by atoms with Gasteiger partial charge in [-0.3, -0.25) is 0 Å². The minimum Gasteiger partial charge on any atom is -0.388 e. The number of hydrogen-bond donors (Lipinski definition) is 1. The van der Waals surface area contributed by atoms with Gasteiger partial charge >= 0.3 is 0 Å². The molecular formula is C6H11IO. The van der Waals surface area contributed by atoms with Crippen molar-refractivity contribution in [2.75, 3.05) is 0 Å². The van der Waals surface area contributed by atoms with E-state index in [9.17, 15) is 0 Å². The van der Waals surface area contributed by atoms with E-state index in [1.165, 1.54) is 0 Å². The number of aliphatic hydroxyl groups excluding tert-OH is 1. The summed E-state index contributed by atoms with van der Waals surface area (Å²) in [5.74, 6) is 0.291. The fourth-order valence-electron chi connectivity index (χ4n) is 0.362. The van der Waals surface area contributed by atoms with E-state index in [4.69, 9.17) is 5.11 Å². The van der Waals surface area contributed by atoms with Crippen molar-refractivity contribution in [3.8, 4) is 0 Å². The van der Waals surface area contributed by atoms with Crippen LogP contribution in [0.25, 0.3) is 0 Å². The smallest absolute Gasteiger partial charge is 0.0863 e. The number of rotatable bonds is 2. The first-order valence-corrected chi connectivity index (χ1v) is 3.66. The Kier molecular flexibility index (Phi) is 3.64. The molecule has 0 saturated heterocycles. The van der Waals surface area contributed by atoms with Gasteiger partial charge in [-0.05, 0) is 28.5 Å². The van der Waals surface area contributed by atoms with Crippen molar-refractivity contribution in [1.82, 2.24) is 0 Å². The Labute approximate surface area is 63.9 Å². The fourth-order valence-corrected chi connectivity index (χ4v) is 1.08. The summed E-state index contributed by atoms with van der Waals surface area (Å²) in [5.41, 5.74) is 0. The number of aliphatic hydroxyl groups is 1. The number of hydrogen-bond acceptors (Lipinski definition) is 1. The van der Waals surface area contributed by atoms with Crippen molar-refractivity contribution in [3.05, 3.63) is 10.2 Å². The molecule has 0 radical (unpaired) electrons. The standard InChI is InChI=1S/C6H11IO/c1-4(2)6(8)5(3)7/h4,6,8H,3H2,1-2H3. The summed E-state index contributed by atoms with van der Waals surface area (Å²) in [6, 6.07) is 0. The zero-order valence-electron chi connectivity index (χ0n) is 5.19. The van der Waals surface area contributed by atoms with Gasteiger partial charge in [0.15, 0.2) is 0 Å². The molecule has 0 aromatic rings. The van der Waals surface area contributed by atoms with Crippen molar-refractivity contribution < 1.29 is 5.11 Å². The summed E-state index contributed by atoms with van der Waals surface area (Å²) in [6.07, 6.45) is -0.337. The van der Waals surface area contributed by atoms with Crippen LogP contribution in [0.5, 0.6) is 0 Å². The molecule has 0 heterocycles. The van der Waals surface area contributed by atoms with Crippen molar-refractivity contribution in [2.24, 2.45) is 5.92 Å². The Hall–Kier alpha value is 0.430. The largest absolute Gasteiger partial charge is 0.388 e. The van der Waals surface area contributed by atoms with Crippen LogP contribution in [0, 0.1) is 5.92 Å². The average Bonchev–Trinajstić information content (AvgIpc) is 1.64. The summed E-state index contributed by atoms with van der Waals surface area (Å²) in [5, 5.41) is 9.10. The Morgan fingerprint density at radius 1 is 1.62 bits per heavy atom. The minimum absolute atomic E-state index is 0.291. The van der Waals surface area contributed by atoms with Gasteiger partial charge < -0.3 is 5.11 Å². The van der Waals surface area contributed by atoms with Gasteiger partial charge in [0.05, 0.1) is 6.10 Å². The minimum atomic E-state index is -0.337. The molecule has 0 amide bonds. The highest BCUT2D eigenvalue weighted by Gasteiger charge is 2.08. The van der Waals surface area contributed by atoms with Crippen LogP contribution in [0.4, 0.5) is 0 Å². The topological polar surface area (TPSA) is 20.2 Å². The highest BCUT2D eigenvalue weighted by molar-refractivity contribution is 14.1. The first-order chi connectivity index (χ1) is 3.55. The quantitative estimate of drug-likeness (QED) is 0.713. The highest BCUT2D eigenvalue weighted by atomic mass is 127. The van der Waals surface area contributed by atoms with E-state index in [0.29, 0.717) is 5.92 Å². The van der Waals surface area contributed by atoms with Crippen molar-refractivity contribution >= 4 is 22.6 Å². The highest BCUT2D eigenvalue weighted by Crippen LogP contribution is 2.15. The van der Waals surface area contributed by atoms with E-state index in [0.717, 1.165) is 3.58 Å². The van der Waals surface area contributed by atoms with E-state index in [-0.39, 0.29) is 6.10 Å². The van der Waals surface area contributed by atoms with Gasteiger partial charge in [0.2, 0.25) is 0 Å². The average molecular weight is 226 g/mol. The summed E-state index contributed by atoms with van der Waals surface area (Å²) in [6.45, 7) is 7.55. The van der Waals surface area contributed by atoms with Crippen LogP contribution in [0.2, 0.25) is 0 Å². The predicted octanol–water partition coefficient (Wildman–Crippen LogP) is 1.95. The first-order valence-electron chi connectivity index (χ1n) is 2.58. The maximum Gasteiger partial charge on any atom is 0.0863 e. The molecule has 0 spiro atoms. The molecule has 0 aliphatic carbocycles. The Bertz CT molecular complexity index is 88.5. The molecule has 1 unspecified atom stereocenters. The third-order valence-electron chi connectivity index (χ3n) is 0.952. The Morgan fingerprint density at radius 3 is 2.00 bits per heavy atom. The lowest BCUT2D eigenvalue weighted by Crippen LogP contribution is -2.13. The second-order valence-corrected chi connectivity index (χ2v) is 3.52. The molecule has 0 aliphatic rings. The third-order valence-corrected chi connectivity index (χ3v) is 1.59. The van der Waals surface area contributed by atoms with Crippen LogP contribution in [0.1, 0.15) is 13.8 Å². The number of halogens is 1. The molecule has 0 rings (SSSR count). The molecule has 0 saturated carbocycles. The Morgan fingerprint density at radius 2 is 2.00 bits per heavy atom. The van der Waals surface area contributed by atoms with Crippen LogP contribution in [-0.2, 0) is 0 Å². The molecular weight excluding hydrogens is 215 g/mol. The molecule has 0 fully saturated rings. The van der Waals surface area contributed by atoms with Crippen LogP contribution < -0.4 is 0 Å². The molecule has 0 aromatic heterocycles. The monoisotopic (exact) mass is 226 g/mol. The van der Waals surface area contributed by atoms with Gasteiger partial charge in [0.25, 0.3) is 0 Å². The molecule has 0 aliphatic heterocycles. The van der Waals surface area contributed by atoms with Crippen LogP contribution in [-0.4, -0.2) is 11.2 Å². The summed E-state index contributed by atoms with van der Waals surface area (Å²) >= 11 is 2.04. The predicted molar refractivity (Wildman–Crippen MR) is 44.0 cm³/mol. The molecule has 0 bridgehead atoms. The summed E-state index contributed by atoms with van der Waals surface area (Å²) in [4.78, 5) is 0. The lowest BCUT2D eigenvalue weighted by atomic mass is 10.1. The van der Waals surface area contributed by atoms with Crippen molar-refractivity contribution in [2.45, 2.75) is 20.0 Å². The van der Waals surface area contributed by atoms with Crippen molar-refractivity contribution in [3.63, 3.8) is 0 Å². The molecule has 1 atom stereocenters. The molecule has 48 valence electrons. The lowest BCUT2D eigenvalue weighted by Gasteiger charge is -2.11. The fraction of sp³-hybridized carbons (Fsp3) is 0.667. The normalized spacial score (nSPS) is 14.1. The third kappa shape index (κ3) is 2.67. The van der Waals surface area contributed by atoms with Crippen LogP contribution in [0.3, 0.4) is 0 Å². The summed E-state index contributed by atoms with van der Waals surface area (Å²) in [7, 11) is 0. The van der Waals surface area contributed by atoms with Gasteiger partial charge in [0.1, 0.15) is 0 Å². The second kappa shape index (κ2) is 3.45.